The first-order valence-electron chi connectivity index (χ1n) is 9.02. The van der Waals surface area contributed by atoms with E-state index in [-0.39, 0.29) is 11.9 Å². The van der Waals surface area contributed by atoms with Crippen molar-refractivity contribution >= 4 is 17.5 Å². The van der Waals surface area contributed by atoms with Crippen molar-refractivity contribution in [2.24, 2.45) is 0 Å². The molecule has 0 spiro atoms. The molecule has 3 heterocycles. The predicted molar refractivity (Wildman–Crippen MR) is 104 cm³/mol. The van der Waals surface area contributed by atoms with E-state index >= 15 is 0 Å². The highest BCUT2D eigenvalue weighted by Gasteiger charge is 2.29. The molecule has 1 amide bonds. The molecule has 0 saturated carbocycles. The average molecular weight is 359 g/mol. The summed E-state index contributed by atoms with van der Waals surface area (Å²) in [6, 6.07) is 14.0. The van der Waals surface area contributed by atoms with E-state index in [4.69, 9.17) is 0 Å². The number of anilines is 2. The van der Waals surface area contributed by atoms with Crippen LogP contribution in [0.5, 0.6) is 0 Å². The molecule has 0 radical (unpaired) electrons. The fourth-order valence-corrected chi connectivity index (χ4v) is 3.42. The van der Waals surface area contributed by atoms with Crippen LogP contribution in [0.2, 0.25) is 0 Å². The van der Waals surface area contributed by atoms with Gasteiger partial charge in [0.25, 0.3) is 5.91 Å². The fraction of sp³-hybridized carbons (Fsp3) is 0.238. The number of carbonyl (C=O) groups is 1. The van der Waals surface area contributed by atoms with E-state index < -0.39 is 0 Å². The van der Waals surface area contributed by atoms with Crippen molar-refractivity contribution in [1.29, 1.82) is 0 Å². The van der Waals surface area contributed by atoms with E-state index in [0.717, 1.165) is 23.4 Å². The third-order valence-corrected chi connectivity index (χ3v) is 4.70. The molecular weight excluding hydrogens is 338 g/mol. The smallest absolute Gasteiger partial charge is 0.270 e. The first kappa shape index (κ1) is 17.1. The molecule has 0 saturated heterocycles. The molecule has 6 nitrogen and oxygen atoms in total. The number of hydrogen-bond donors (Lipinski definition) is 1. The number of aromatic nitrogens is 3. The Morgan fingerprint density at radius 1 is 1.19 bits per heavy atom. The molecule has 1 N–H and O–H groups in total. The summed E-state index contributed by atoms with van der Waals surface area (Å²) in [6.45, 7) is 4.47. The number of carbonyl (C=O) groups excluding carboxylic acids is 1. The van der Waals surface area contributed by atoms with Crippen LogP contribution in [0, 0.1) is 6.92 Å². The molecule has 4 rings (SSSR count). The van der Waals surface area contributed by atoms with Gasteiger partial charge in [0.15, 0.2) is 0 Å². The molecule has 0 aliphatic carbocycles. The van der Waals surface area contributed by atoms with Gasteiger partial charge in [-0.3, -0.25) is 9.78 Å². The quantitative estimate of drug-likeness (QED) is 0.775. The van der Waals surface area contributed by atoms with Crippen LogP contribution in [-0.2, 0) is 13.0 Å². The molecule has 0 bridgehead atoms. The van der Waals surface area contributed by atoms with Crippen LogP contribution < -0.4 is 10.2 Å². The van der Waals surface area contributed by atoms with Crippen molar-refractivity contribution in [2.45, 2.75) is 32.9 Å². The van der Waals surface area contributed by atoms with E-state index in [0.29, 0.717) is 18.2 Å². The van der Waals surface area contributed by atoms with Crippen molar-refractivity contribution in [3.8, 4) is 0 Å². The van der Waals surface area contributed by atoms with Gasteiger partial charge >= 0.3 is 0 Å². The van der Waals surface area contributed by atoms with Gasteiger partial charge in [0.2, 0.25) is 5.95 Å². The minimum atomic E-state index is -0.210. The molecular formula is C21H21N5O. The van der Waals surface area contributed by atoms with Crippen LogP contribution in [0.3, 0.4) is 0 Å². The summed E-state index contributed by atoms with van der Waals surface area (Å²) in [5, 5.41) is 2.92. The van der Waals surface area contributed by atoms with Gasteiger partial charge < -0.3 is 10.2 Å². The Labute approximate surface area is 158 Å². The number of pyridine rings is 1. The molecule has 6 heteroatoms. The van der Waals surface area contributed by atoms with Crippen LogP contribution in [-0.4, -0.2) is 26.9 Å². The molecule has 1 aliphatic heterocycles. The third-order valence-electron chi connectivity index (χ3n) is 4.70. The minimum absolute atomic E-state index is 0.210. The normalized spacial score (nSPS) is 15.5. The summed E-state index contributed by atoms with van der Waals surface area (Å²) < 4.78 is 0. The Morgan fingerprint density at radius 3 is 2.78 bits per heavy atom. The van der Waals surface area contributed by atoms with Gasteiger partial charge in [0, 0.05) is 36.4 Å². The van der Waals surface area contributed by atoms with Gasteiger partial charge in [-0.2, -0.15) is 0 Å². The Morgan fingerprint density at radius 2 is 1.96 bits per heavy atom. The fourth-order valence-electron chi connectivity index (χ4n) is 3.42. The van der Waals surface area contributed by atoms with Gasteiger partial charge in [-0.25, -0.2) is 9.97 Å². The molecule has 0 fully saturated rings. The van der Waals surface area contributed by atoms with Gasteiger partial charge in [-0.05, 0) is 55.7 Å². The second-order valence-corrected chi connectivity index (χ2v) is 6.78. The lowest BCUT2D eigenvalue weighted by Gasteiger charge is -2.23. The number of fused-ring (bicyclic) bond motifs is 1. The average Bonchev–Trinajstić information content (AvgIpc) is 3.02. The summed E-state index contributed by atoms with van der Waals surface area (Å²) in [5.41, 5.74) is 4.53. The summed E-state index contributed by atoms with van der Waals surface area (Å²) in [7, 11) is 0. The van der Waals surface area contributed by atoms with Gasteiger partial charge in [0.1, 0.15) is 5.69 Å². The maximum absolute atomic E-state index is 12.6. The molecule has 136 valence electrons. The van der Waals surface area contributed by atoms with Crippen molar-refractivity contribution in [2.75, 3.05) is 4.90 Å². The summed E-state index contributed by atoms with van der Waals surface area (Å²) in [4.78, 5) is 27.9. The van der Waals surface area contributed by atoms with E-state index in [1.54, 1.807) is 18.5 Å². The predicted octanol–water partition coefficient (Wildman–Crippen LogP) is 3.19. The largest absolute Gasteiger partial charge is 0.347 e. The Bertz CT molecular complexity index is 973. The number of benzene rings is 1. The molecule has 1 atom stereocenters. The van der Waals surface area contributed by atoms with Crippen LogP contribution in [0.15, 0.2) is 54.9 Å². The van der Waals surface area contributed by atoms with Crippen molar-refractivity contribution in [3.05, 3.63) is 77.4 Å². The lowest BCUT2D eigenvalue weighted by atomic mass is 10.1. The molecule has 27 heavy (non-hydrogen) atoms. The second kappa shape index (κ2) is 7.15. The van der Waals surface area contributed by atoms with E-state index in [1.165, 1.54) is 5.56 Å². The van der Waals surface area contributed by atoms with Crippen molar-refractivity contribution in [1.82, 2.24) is 20.3 Å². The zero-order valence-corrected chi connectivity index (χ0v) is 15.4. The molecule has 3 aromatic rings. The van der Waals surface area contributed by atoms with Gasteiger partial charge in [0.05, 0.1) is 0 Å². The topological polar surface area (TPSA) is 71.0 Å². The maximum Gasteiger partial charge on any atom is 0.270 e. The highest BCUT2D eigenvalue weighted by Crippen LogP contribution is 2.36. The molecule has 1 aromatic carbocycles. The number of aryl methyl sites for hydroxylation is 1. The first-order chi connectivity index (χ1) is 13.1. The third kappa shape index (κ3) is 3.51. The number of rotatable bonds is 4. The van der Waals surface area contributed by atoms with E-state index in [2.05, 4.69) is 44.2 Å². The summed E-state index contributed by atoms with van der Waals surface area (Å²) in [5.74, 6) is 0.361. The molecule has 1 unspecified atom stereocenters. The standard InChI is InChI=1S/C21H21N5O/c1-14-11-18(20(27)23-13-16-7-9-22-10-8-16)25-21(24-14)26-15(2)12-17-5-3-4-6-19(17)26/h3-11,15H,12-13H2,1-2H3,(H,23,27). The van der Waals surface area contributed by atoms with Crippen LogP contribution in [0.25, 0.3) is 0 Å². The van der Waals surface area contributed by atoms with Crippen LogP contribution in [0.1, 0.15) is 34.2 Å². The Balaban J connectivity index is 1.59. The SMILES string of the molecule is Cc1cc(C(=O)NCc2ccncc2)nc(N2c3ccccc3CC2C)n1. The zero-order chi connectivity index (χ0) is 18.8. The van der Waals surface area contributed by atoms with Crippen molar-refractivity contribution < 1.29 is 4.79 Å². The highest BCUT2D eigenvalue weighted by molar-refractivity contribution is 5.92. The number of nitrogens with one attached hydrogen (secondary N) is 1. The first-order valence-corrected chi connectivity index (χ1v) is 9.02. The van der Waals surface area contributed by atoms with Gasteiger partial charge in [-0.15, -0.1) is 0 Å². The lowest BCUT2D eigenvalue weighted by Crippen LogP contribution is -2.29. The summed E-state index contributed by atoms with van der Waals surface area (Å²) in [6.07, 6.45) is 4.36. The number of hydrogen-bond acceptors (Lipinski definition) is 5. The van der Waals surface area contributed by atoms with Crippen LogP contribution in [0.4, 0.5) is 11.6 Å². The maximum atomic E-state index is 12.6. The molecule has 2 aromatic heterocycles. The minimum Gasteiger partial charge on any atom is -0.347 e. The van der Waals surface area contributed by atoms with E-state index in [1.807, 2.05) is 31.2 Å². The monoisotopic (exact) mass is 359 g/mol. The summed E-state index contributed by atoms with van der Waals surface area (Å²) >= 11 is 0. The lowest BCUT2D eigenvalue weighted by molar-refractivity contribution is 0.0945. The van der Waals surface area contributed by atoms with Crippen LogP contribution >= 0.6 is 0 Å². The number of amides is 1. The van der Waals surface area contributed by atoms with Crippen molar-refractivity contribution in [3.63, 3.8) is 0 Å². The zero-order valence-electron chi connectivity index (χ0n) is 15.4. The Kier molecular flexibility index (Phi) is 4.54. The van der Waals surface area contributed by atoms with Gasteiger partial charge in [-0.1, -0.05) is 18.2 Å². The number of para-hydroxylation sites is 1. The highest BCUT2D eigenvalue weighted by atomic mass is 16.1. The van der Waals surface area contributed by atoms with E-state index in [9.17, 15) is 4.79 Å². The second-order valence-electron chi connectivity index (χ2n) is 6.78. The number of nitrogens with zero attached hydrogens (tertiary/aromatic N) is 4. The Hall–Kier alpha value is -3.28. The molecule has 1 aliphatic rings.